The molecule has 3 aromatic rings. The standard InChI is InChI=1S/C21H23FN6O/c1-14-4-5-17(10-18(14)22)21(29)27-8-6-26(7-9-27)19-11-20(24-12-23-19)28-13-25-15(2)16(28)3/h4-5,10-13H,6-9H2,1-3H3. The number of anilines is 1. The van der Waals surface area contributed by atoms with Crippen LogP contribution in [0.2, 0.25) is 0 Å². The number of hydrogen-bond donors (Lipinski definition) is 0. The van der Waals surface area contributed by atoms with Crippen molar-refractivity contribution in [2.75, 3.05) is 31.1 Å². The highest BCUT2D eigenvalue weighted by Crippen LogP contribution is 2.19. The first kappa shape index (κ1) is 19.0. The number of hydrogen-bond acceptors (Lipinski definition) is 5. The second-order valence-electron chi connectivity index (χ2n) is 7.26. The van der Waals surface area contributed by atoms with Gasteiger partial charge in [0, 0.05) is 43.5 Å². The molecule has 1 fully saturated rings. The summed E-state index contributed by atoms with van der Waals surface area (Å²) in [5, 5.41) is 0. The summed E-state index contributed by atoms with van der Waals surface area (Å²) in [4.78, 5) is 29.7. The fraction of sp³-hybridized carbons (Fsp3) is 0.333. The molecule has 0 N–H and O–H groups in total. The van der Waals surface area contributed by atoms with E-state index in [0.29, 0.717) is 37.3 Å². The third kappa shape index (κ3) is 3.70. The van der Waals surface area contributed by atoms with Crippen LogP contribution in [0.3, 0.4) is 0 Å². The number of amides is 1. The quantitative estimate of drug-likeness (QED) is 0.683. The molecule has 29 heavy (non-hydrogen) atoms. The molecule has 0 bridgehead atoms. The molecular formula is C21H23FN6O. The highest BCUT2D eigenvalue weighted by atomic mass is 19.1. The summed E-state index contributed by atoms with van der Waals surface area (Å²) in [5.41, 5.74) is 2.92. The molecule has 0 spiro atoms. The number of imidazole rings is 1. The van der Waals surface area contributed by atoms with E-state index in [1.165, 1.54) is 6.07 Å². The minimum absolute atomic E-state index is 0.142. The van der Waals surface area contributed by atoms with Crippen molar-refractivity contribution in [2.45, 2.75) is 20.8 Å². The Bertz CT molecular complexity index is 1060. The monoisotopic (exact) mass is 394 g/mol. The highest BCUT2D eigenvalue weighted by molar-refractivity contribution is 5.94. The van der Waals surface area contributed by atoms with Crippen molar-refractivity contribution >= 4 is 11.7 Å². The fourth-order valence-corrected chi connectivity index (χ4v) is 3.42. The number of aryl methyl sites for hydroxylation is 2. The number of carbonyl (C=O) groups is 1. The van der Waals surface area contributed by atoms with E-state index in [1.54, 1.807) is 36.6 Å². The number of benzene rings is 1. The Morgan fingerprint density at radius 3 is 2.34 bits per heavy atom. The van der Waals surface area contributed by atoms with Crippen molar-refractivity contribution < 1.29 is 9.18 Å². The van der Waals surface area contributed by atoms with Crippen molar-refractivity contribution in [1.29, 1.82) is 0 Å². The van der Waals surface area contributed by atoms with E-state index >= 15 is 0 Å². The number of piperazine rings is 1. The van der Waals surface area contributed by atoms with Crippen LogP contribution in [0.5, 0.6) is 0 Å². The average molecular weight is 394 g/mol. The first-order chi connectivity index (χ1) is 13.9. The van der Waals surface area contributed by atoms with Gasteiger partial charge in [-0.3, -0.25) is 9.36 Å². The van der Waals surface area contributed by atoms with Crippen LogP contribution in [0.1, 0.15) is 27.3 Å². The van der Waals surface area contributed by atoms with E-state index in [1.807, 2.05) is 24.5 Å². The fourth-order valence-electron chi connectivity index (χ4n) is 3.42. The van der Waals surface area contributed by atoms with Gasteiger partial charge in [-0.1, -0.05) is 6.07 Å². The lowest BCUT2D eigenvalue weighted by atomic mass is 10.1. The zero-order valence-corrected chi connectivity index (χ0v) is 16.8. The van der Waals surface area contributed by atoms with Gasteiger partial charge in [-0.2, -0.15) is 0 Å². The van der Waals surface area contributed by atoms with Crippen LogP contribution in [-0.2, 0) is 0 Å². The molecular weight excluding hydrogens is 371 g/mol. The Balaban J connectivity index is 1.46. The third-order valence-corrected chi connectivity index (χ3v) is 5.45. The van der Waals surface area contributed by atoms with Gasteiger partial charge < -0.3 is 9.80 Å². The Morgan fingerprint density at radius 2 is 1.69 bits per heavy atom. The number of halogens is 1. The summed E-state index contributed by atoms with van der Waals surface area (Å²) in [6, 6.07) is 6.57. The molecule has 1 aliphatic rings. The Morgan fingerprint density at radius 1 is 0.966 bits per heavy atom. The zero-order valence-electron chi connectivity index (χ0n) is 16.8. The molecule has 150 valence electrons. The molecule has 0 atom stereocenters. The van der Waals surface area contributed by atoms with Crippen LogP contribution in [-0.4, -0.2) is 56.5 Å². The largest absolute Gasteiger partial charge is 0.353 e. The first-order valence-corrected chi connectivity index (χ1v) is 9.57. The summed E-state index contributed by atoms with van der Waals surface area (Å²) in [6.07, 6.45) is 3.31. The van der Waals surface area contributed by atoms with Crippen molar-refractivity contribution in [3.05, 3.63) is 65.3 Å². The normalized spacial score (nSPS) is 14.3. The van der Waals surface area contributed by atoms with Crippen LogP contribution in [0.15, 0.2) is 36.9 Å². The van der Waals surface area contributed by atoms with Gasteiger partial charge in [0.15, 0.2) is 0 Å². The molecule has 3 heterocycles. The first-order valence-electron chi connectivity index (χ1n) is 9.57. The van der Waals surface area contributed by atoms with Crippen LogP contribution in [0, 0.1) is 26.6 Å². The zero-order chi connectivity index (χ0) is 20.5. The second kappa shape index (κ2) is 7.62. The summed E-state index contributed by atoms with van der Waals surface area (Å²) >= 11 is 0. The van der Waals surface area contributed by atoms with Gasteiger partial charge >= 0.3 is 0 Å². The topological polar surface area (TPSA) is 67.2 Å². The Hall–Kier alpha value is -3.29. The van der Waals surface area contributed by atoms with Gasteiger partial charge in [0.2, 0.25) is 0 Å². The lowest BCUT2D eigenvalue weighted by molar-refractivity contribution is 0.0746. The minimum atomic E-state index is -0.354. The predicted octanol–water partition coefficient (Wildman–Crippen LogP) is 2.69. The van der Waals surface area contributed by atoms with E-state index < -0.39 is 0 Å². The molecule has 0 aliphatic carbocycles. The molecule has 0 unspecified atom stereocenters. The van der Waals surface area contributed by atoms with Crippen molar-refractivity contribution in [1.82, 2.24) is 24.4 Å². The van der Waals surface area contributed by atoms with Crippen LogP contribution in [0.4, 0.5) is 10.2 Å². The maximum Gasteiger partial charge on any atom is 0.254 e. The van der Waals surface area contributed by atoms with Gasteiger partial charge in [0.05, 0.1) is 5.69 Å². The maximum absolute atomic E-state index is 13.8. The van der Waals surface area contributed by atoms with E-state index in [0.717, 1.165) is 23.0 Å². The lowest BCUT2D eigenvalue weighted by Crippen LogP contribution is -2.49. The summed E-state index contributed by atoms with van der Waals surface area (Å²) < 4.78 is 15.7. The van der Waals surface area contributed by atoms with Gasteiger partial charge in [-0.05, 0) is 38.5 Å². The van der Waals surface area contributed by atoms with Crippen molar-refractivity contribution in [3.8, 4) is 5.82 Å². The summed E-state index contributed by atoms with van der Waals surface area (Å²) in [7, 11) is 0. The van der Waals surface area contributed by atoms with E-state index in [9.17, 15) is 9.18 Å². The van der Waals surface area contributed by atoms with Gasteiger partial charge in [0.1, 0.15) is 30.1 Å². The smallest absolute Gasteiger partial charge is 0.254 e. The molecule has 0 radical (unpaired) electrons. The van der Waals surface area contributed by atoms with E-state index in [-0.39, 0.29) is 11.7 Å². The summed E-state index contributed by atoms with van der Waals surface area (Å²) in [6.45, 7) is 8.06. The molecule has 2 aromatic heterocycles. The minimum Gasteiger partial charge on any atom is -0.353 e. The molecule has 8 heteroatoms. The predicted molar refractivity (Wildman–Crippen MR) is 108 cm³/mol. The molecule has 1 saturated heterocycles. The van der Waals surface area contributed by atoms with Crippen LogP contribution < -0.4 is 4.90 Å². The summed E-state index contributed by atoms with van der Waals surface area (Å²) in [5.74, 6) is 1.08. The van der Waals surface area contributed by atoms with Crippen LogP contribution in [0.25, 0.3) is 5.82 Å². The van der Waals surface area contributed by atoms with E-state index in [2.05, 4.69) is 19.9 Å². The van der Waals surface area contributed by atoms with Gasteiger partial charge in [-0.25, -0.2) is 19.3 Å². The average Bonchev–Trinajstić information content (AvgIpc) is 3.08. The molecule has 1 amide bonds. The van der Waals surface area contributed by atoms with Crippen molar-refractivity contribution in [2.24, 2.45) is 0 Å². The van der Waals surface area contributed by atoms with Crippen molar-refractivity contribution in [3.63, 3.8) is 0 Å². The molecule has 7 nitrogen and oxygen atoms in total. The molecule has 1 aliphatic heterocycles. The Labute approximate surface area is 168 Å². The number of carbonyl (C=O) groups excluding carboxylic acids is 1. The molecule has 1 aromatic carbocycles. The second-order valence-corrected chi connectivity index (χ2v) is 7.26. The molecule has 4 rings (SSSR count). The molecule has 0 saturated carbocycles. The number of nitrogens with zero attached hydrogens (tertiary/aromatic N) is 6. The Kier molecular flexibility index (Phi) is 5.00. The van der Waals surface area contributed by atoms with Gasteiger partial charge in [0.25, 0.3) is 5.91 Å². The maximum atomic E-state index is 13.8. The number of rotatable bonds is 3. The third-order valence-electron chi connectivity index (χ3n) is 5.45. The highest BCUT2D eigenvalue weighted by Gasteiger charge is 2.23. The van der Waals surface area contributed by atoms with Crippen LogP contribution >= 0.6 is 0 Å². The number of aromatic nitrogens is 4. The van der Waals surface area contributed by atoms with E-state index in [4.69, 9.17) is 0 Å². The lowest BCUT2D eigenvalue weighted by Gasteiger charge is -2.35. The SMILES string of the molecule is Cc1ccc(C(=O)N2CCN(c3cc(-n4cnc(C)c4C)ncn3)CC2)cc1F. The van der Waals surface area contributed by atoms with Gasteiger partial charge in [-0.15, -0.1) is 0 Å².